The van der Waals surface area contributed by atoms with E-state index in [-0.39, 0.29) is 5.91 Å². The molecule has 5 heteroatoms. The highest BCUT2D eigenvalue weighted by molar-refractivity contribution is 5.77. The fourth-order valence-electron chi connectivity index (χ4n) is 0.905. The second-order valence-electron chi connectivity index (χ2n) is 2.91. The Hall–Kier alpha value is -1.07. The molecule has 0 aromatic carbocycles. The van der Waals surface area contributed by atoms with E-state index in [9.17, 15) is 4.79 Å². The van der Waals surface area contributed by atoms with E-state index < -0.39 is 0 Å². The van der Waals surface area contributed by atoms with E-state index in [1.165, 1.54) is 6.26 Å². The van der Waals surface area contributed by atoms with Gasteiger partial charge in [-0.1, -0.05) is 6.58 Å². The van der Waals surface area contributed by atoms with Crippen LogP contribution in [-0.2, 0) is 14.3 Å². The molecule has 0 saturated carbocycles. The zero-order valence-electron chi connectivity index (χ0n) is 9.25. The third kappa shape index (κ3) is 10.9. The Bertz CT molecular complexity index is 174. The van der Waals surface area contributed by atoms with Crippen LogP contribution in [0.4, 0.5) is 0 Å². The quantitative estimate of drug-likeness (QED) is 0.395. The number of hydrogen-bond acceptors (Lipinski definition) is 4. The van der Waals surface area contributed by atoms with Crippen molar-refractivity contribution in [3.63, 3.8) is 0 Å². The van der Waals surface area contributed by atoms with Gasteiger partial charge in [-0.25, -0.2) is 0 Å². The highest BCUT2D eigenvalue weighted by Crippen LogP contribution is 1.80. The third-order valence-electron chi connectivity index (χ3n) is 1.65. The van der Waals surface area contributed by atoms with Crippen LogP contribution in [0.5, 0.6) is 0 Å². The van der Waals surface area contributed by atoms with Crippen LogP contribution in [0.2, 0.25) is 0 Å². The molecule has 1 amide bonds. The monoisotopic (exact) mass is 216 g/mol. The van der Waals surface area contributed by atoms with Crippen LogP contribution in [0.15, 0.2) is 12.8 Å². The molecule has 0 atom stereocenters. The minimum Gasteiger partial charge on any atom is -0.502 e. The Morgan fingerprint density at radius 1 is 1.40 bits per heavy atom. The van der Waals surface area contributed by atoms with Gasteiger partial charge >= 0.3 is 0 Å². The van der Waals surface area contributed by atoms with Crippen LogP contribution >= 0.6 is 0 Å². The molecule has 2 N–H and O–H groups in total. The Morgan fingerprint density at radius 2 is 2.20 bits per heavy atom. The lowest BCUT2D eigenvalue weighted by Gasteiger charge is -2.06. The molecular formula is C10H20N2O3. The summed E-state index contributed by atoms with van der Waals surface area (Å²) < 4.78 is 9.74. The van der Waals surface area contributed by atoms with E-state index in [1.54, 1.807) is 7.11 Å². The first-order valence-electron chi connectivity index (χ1n) is 5.00. The van der Waals surface area contributed by atoms with Crippen molar-refractivity contribution in [1.29, 1.82) is 0 Å². The lowest BCUT2D eigenvalue weighted by Crippen LogP contribution is -2.35. The largest absolute Gasteiger partial charge is 0.502 e. The normalized spacial score (nSPS) is 9.67. The van der Waals surface area contributed by atoms with Gasteiger partial charge in [0.25, 0.3) is 0 Å². The first-order valence-corrected chi connectivity index (χ1v) is 5.00. The van der Waals surface area contributed by atoms with E-state index in [4.69, 9.17) is 9.47 Å². The van der Waals surface area contributed by atoms with Crippen molar-refractivity contribution in [3.8, 4) is 0 Å². The minimum atomic E-state index is -0.00953. The molecule has 88 valence electrons. The zero-order chi connectivity index (χ0) is 11.4. The lowest BCUT2D eigenvalue weighted by molar-refractivity contribution is -0.120. The topological polar surface area (TPSA) is 59.6 Å². The lowest BCUT2D eigenvalue weighted by atomic mass is 10.4. The Kier molecular flexibility index (Phi) is 10.2. The SMILES string of the molecule is C=COCCCNC(=O)CNCCOC. The predicted molar refractivity (Wildman–Crippen MR) is 58.5 cm³/mol. The Morgan fingerprint density at radius 3 is 2.87 bits per heavy atom. The van der Waals surface area contributed by atoms with Gasteiger partial charge in [-0.15, -0.1) is 0 Å². The van der Waals surface area contributed by atoms with Crippen molar-refractivity contribution in [2.75, 3.05) is 40.0 Å². The molecule has 0 aromatic heterocycles. The van der Waals surface area contributed by atoms with Gasteiger partial charge in [0, 0.05) is 20.2 Å². The Balaban J connectivity index is 3.15. The fourth-order valence-corrected chi connectivity index (χ4v) is 0.905. The molecule has 0 rings (SSSR count). The number of carbonyl (C=O) groups excluding carboxylic acids is 1. The predicted octanol–water partition coefficient (Wildman–Crippen LogP) is -0.111. The highest BCUT2D eigenvalue weighted by Gasteiger charge is 1.98. The van der Waals surface area contributed by atoms with Gasteiger partial charge in [0.05, 0.1) is 26.0 Å². The highest BCUT2D eigenvalue weighted by atomic mass is 16.5. The van der Waals surface area contributed by atoms with Crippen molar-refractivity contribution in [2.24, 2.45) is 0 Å². The van der Waals surface area contributed by atoms with E-state index in [1.807, 2.05) is 0 Å². The van der Waals surface area contributed by atoms with Crippen LogP contribution in [0, 0.1) is 0 Å². The first-order chi connectivity index (χ1) is 7.31. The van der Waals surface area contributed by atoms with E-state index >= 15 is 0 Å². The maximum absolute atomic E-state index is 11.2. The summed E-state index contributed by atoms with van der Waals surface area (Å²) in [6.45, 7) is 6.25. The van der Waals surface area contributed by atoms with Gasteiger partial charge in [-0.2, -0.15) is 0 Å². The van der Waals surface area contributed by atoms with Crippen molar-refractivity contribution in [1.82, 2.24) is 10.6 Å². The number of amides is 1. The number of nitrogens with one attached hydrogen (secondary N) is 2. The fraction of sp³-hybridized carbons (Fsp3) is 0.700. The van der Waals surface area contributed by atoms with Crippen molar-refractivity contribution < 1.29 is 14.3 Å². The molecule has 0 aliphatic rings. The average Bonchev–Trinajstić information content (AvgIpc) is 2.24. The maximum Gasteiger partial charge on any atom is 0.233 e. The van der Waals surface area contributed by atoms with Crippen LogP contribution in [0.1, 0.15) is 6.42 Å². The summed E-state index contributed by atoms with van der Waals surface area (Å²) in [4.78, 5) is 11.2. The number of rotatable bonds is 10. The molecule has 0 aliphatic carbocycles. The second kappa shape index (κ2) is 11.0. The van der Waals surface area contributed by atoms with Crippen molar-refractivity contribution in [2.45, 2.75) is 6.42 Å². The molecule has 0 aromatic rings. The van der Waals surface area contributed by atoms with E-state index in [2.05, 4.69) is 17.2 Å². The van der Waals surface area contributed by atoms with Crippen molar-refractivity contribution >= 4 is 5.91 Å². The smallest absolute Gasteiger partial charge is 0.233 e. The van der Waals surface area contributed by atoms with Gasteiger partial charge in [0.15, 0.2) is 0 Å². The number of carbonyl (C=O) groups is 1. The number of hydrogen-bond donors (Lipinski definition) is 2. The molecule has 0 radical (unpaired) electrons. The van der Waals surface area contributed by atoms with Gasteiger partial charge < -0.3 is 20.1 Å². The van der Waals surface area contributed by atoms with Crippen LogP contribution in [-0.4, -0.2) is 45.9 Å². The van der Waals surface area contributed by atoms with Crippen LogP contribution in [0.25, 0.3) is 0 Å². The average molecular weight is 216 g/mol. The standard InChI is InChI=1S/C10H20N2O3/c1-3-15-7-4-5-12-10(13)9-11-6-8-14-2/h3,11H,1,4-9H2,2H3,(H,12,13). The summed E-state index contributed by atoms with van der Waals surface area (Å²) in [5.41, 5.74) is 0. The molecule has 0 fully saturated rings. The second-order valence-corrected chi connectivity index (χ2v) is 2.91. The number of ether oxygens (including phenoxy) is 2. The van der Waals surface area contributed by atoms with Crippen molar-refractivity contribution in [3.05, 3.63) is 12.8 Å². The van der Waals surface area contributed by atoms with E-state index in [0.717, 1.165) is 6.42 Å². The van der Waals surface area contributed by atoms with Crippen LogP contribution < -0.4 is 10.6 Å². The van der Waals surface area contributed by atoms with Crippen LogP contribution in [0.3, 0.4) is 0 Å². The molecule has 0 bridgehead atoms. The molecule has 5 nitrogen and oxygen atoms in total. The van der Waals surface area contributed by atoms with Gasteiger partial charge in [0.1, 0.15) is 0 Å². The Labute approximate surface area is 90.8 Å². The summed E-state index contributed by atoms with van der Waals surface area (Å²) in [7, 11) is 1.63. The molecular weight excluding hydrogens is 196 g/mol. The van der Waals surface area contributed by atoms with E-state index in [0.29, 0.717) is 32.8 Å². The molecule has 0 saturated heterocycles. The summed E-state index contributed by atoms with van der Waals surface area (Å²) in [6.07, 6.45) is 2.18. The minimum absolute atomic E-state index is 0.00953. The number of methoxy groups -OCH3 is 1. The molecule has 0 heterocycles. The molecule has 0 aliphatic heterocycles. The van der Waals surface area contributed by atoms with Gasteiger partial charge in [0.2, 0.25) is 5.91 Å². The third-order valence-corrected chi connectivity index (χ3v) is 1.65. The summed E-state index contributed by atoms with van der Waals surface area (Å²) in [5, 5.41) is 5.72. The summed E-state index contributed by atoms with van der Waals surface area (Å²) >= 11 is 0. The first kappa shape index (κ1) is 13.9. The summed E-state index contributed by atoms with van der Waals surface area (Å²) in [5.74, 6) is -0.00953. The van der Waals surface area contributed by atoms with Gasteiger partial charge in [-0.3, -0.25) is 4.79 Å². The maximum atomic E-state index is 11.2. The molecule has 15 heavy (non-hydrogen) atoms. The molecule has 0 unspecified atom stereocenters. The molecule has 0 spiro atoms. The van der Waals surface area contributed by atoms with Gasteiger partial charge in [-0.05, 0) is 6.42 Å². The summed E-state index contributed by atoms with van der Waals surface area (Å²) in [6, 6.07) is 0. The zero-order valence-corrected chi connectivity index (χ0v) is 9.25.